The Kier molecular flexibility index (Phi) is 3.89. The highest BCUT2D eigenvalue weighted by molar-refractivity contribution is 9.10. The molecule has 2 rings (SSSR count). The molecule has 0 spiro atoms. The van der Waals surface area contributed by atoms with Gasteiger partial charge in [0.25, 0.3) is 0 Å². The van der Waals surface area contributed by atoms with Gasteiger partial charge in [-0.05, 0) is 59.1 Å². The number of benzene rings is 1. The van der Waals surface area contributed by atoms with Crippen molar-refractivity contribution in [3.8, 4) is 0 Å². The fourth-order valence-corrected chi connectivity index (χ4v) is 2.15. The van der Waals surface area contributed by atoms with Crippen molar-refractivity contribution in [2.75, 3.05) is 5.32 Å². The van der Waals surface area contributed by atoms with Gasteiger partial charge in [-0.2, -0.15) is 0 Å². The fraction of sp³-hybridized carbons (Fsp3) is 0.286. The molecule has 0 radical (unpaired) electrons. The Hall–Kier alpha value is -1.22. The summed E-state index contributed by atoms with van der Waals surface area (Å²) in [6.45, 7) is 6.13. The molecule has 17 heavy (non-hydrogen) atoms. The Balaban J connectivity index is 2.04. The summed E-state index contributed by atoms with van der Waals surface area (Å²) in [5.41, 5.74) is 3.72. The van der Waals surface area contributed by atoms with E-state index in [0.717, 1.165) is 23.2 Å². The quantitative estimate of drug-likeness (QED) is 0.894. The van der Waals surface area contributed by atoms with Crippen LogP contribution in [0.3, 0.4) is 0 Å². The fourth-order valence-electron chi connectivity index (χ4n) is 1.76. The first kappa shape index (κ1) is 12.2. The minimum atomic E-state index is 0.856. The van der Waals surface area contributed by atoms with Crippen LogP contribution >= 0.6 is 15.9 Å². The van der Waals surface area contributed by atoms with Crippen LogP contribution < -0.4 is 5.32 Å². The number of rotatable bonds is 4. The molecule has 0 atom stereocenters. The highest BCUT2D eigenvalue weighted by Crippen LogP contribution is 2.23. The van der Waals surface area contributed by atoms with Gasteiger partial charge in [0.2, 0.25) is 0 Å². The molecule has 0 saturated heterocycles. The summed E-state index contributed by atoms with van der Waals surface area (Å²) >= 11 is 3.56. The lowest BCUT2D eigenvalue weighted by Crippen LogP contribution is -1.99. The van der Waals surface area contributed by atoms with Crippen molar-refractivity contribution >= 4 is 21.6 Å². The predicted molar refractivity (Wildman–Crippen MR) is 76.3 cm³/mol. The van der Waals surface area contributed by atoms with Crippen molar-refractivity contribution in [3.63, 3.8) is 0 Å². The van der Waals surface area contributed by atoms with Crippen LogP contribution in [0, 0.1) is 6.92 Å². The lowest BCUT2D eigenvalue weighted by molar-refractivity contribution is 0.766. The van der Waals surface area contributed by atoms with Gasteiger partial charge in [0, 0.05) is 35.6 Å². The van der Waals surface area contributed by atoms with E-state index < -0.39 is 0 Å². The van der Waals surface area contributed by atoms with Gasteiger partial charge in [0.1, 0.15) is 0 Å². The second kappa shape index (κ2) is 5.41. The first-order valence-corrected chi connectivity index (χ1v) is 6.63. The molecule has 1 heterocycles. The zero-order chi connectivity index (χ0) is 12.3. The second-order valence-corrected chi connectivity index (χ2v) is 5.04. The number of nitrogens with zero attached hydrogens (tertiary/aromatic N) is 1. The molecule has 0 fully saturated rings. The lowest BCUT2D eigenvalue weighted by Gasteiger charge is -2.08. The molecule has 0 aliphatic heterocycles. The van der Waals surface area contributed by atoms with Gasteiger partial charge in [0.15, 0.2) is 0 Å². The molecule has 0 unspecified atom stereocenters. The van der Waals surface area contributed by atoms with Gasteiger partial charge in [-0.1, -0.05) is 6.07 Å². The van der Waals surface area contributed by atoms with Crippen LogP contribution in [0.15, 0.2) is 41.1 Å². The van der Waals surface area contributed by atoms with E-state index in [0.29, 0.717) is 0 Å². The maximum Gasteiger partial charge on any atom is 0.0489 e. The van der Waals surface area contributed by atoms with E-state index in [-0.39, 0.29) is 0 Å². The standard InChI is InChI=1S/C14H17BrN2/c1-3-17-7-6-12(10-17)9-16-14-8-11(2)4-5-13(14)15/h4-8,10,16H,3,9H2,1-2H3. The number of aromatic nitrogens is 1. The van der Waals surface area contributed by atoms with Crippen LogP contribution in [0.1, 0.15) is 18.1 Å². The van der Waals surface area contributed by atoms with Gasteiger partial charge in [0.05, 0.1) is 0 Å². The molecule has 0 aliphatic rings. The molecule has 0 amide bonds. The Morgan fingerprint density at radius 3 is 2.82 bits per heavy atom. The van der Waals surface area contributed by atoms with Crippen molar-refractivity contribution in [1.82, 2.24) is 4.57 Å². The molecular weight excluding hydrogens is 276 g/mol. The molecule has 1 aromatic carbocycles. The average molecular weight is 293 g/mol. The van der Waals surface area contributed by atoms with E-state index in [2.05, 4.69) is 76.3 Å². The predicted octanol–water partition coefficient (Wildman–Crippen LogP) is 4.19. The normalized spacial score (nSPS) is 10.5. The van der Waals surface area contributed by atoms with Crippen LogP contribution in [0.5, 0.6) is 0 Å². The van der Waals surface area contributed by atoms with Crippen molar-refractivity contribution in [3.05, 3.63) is 52.3 Å². The third-order valence-electron chi connectivity index (χ3n) is 2.78. The summed E-state index contributed by atoms with van der Waals surface area (Å²) in [7, 11) is 0. The zero-order valence-corrected chi connectivity index (χ0v) is 11.8. The Morgan fingerprint density at radius 2 is 2.12 bits per heavy atom. The van der Waals surface area contributed by atoms with Crippen LogP contribution in [-0.2, 0) is 13.1 Å². The number of aryl methyl sites for hydroxylation is 2. The highest BCUT2D eigenvalue weighted by atomic mass is 79.9. The van der Waals surface area contributed by atoms with Gasteiger partial charge >= 0.3 is 0 Å². The summed E-state index contributed by atoms with van der Waals surface area (Å²) in [5, 5.41) is 3.45. The number of hydrogen-bond acceptors (Lipinski definition) is 1. The number of nitrogens with one attached hydrogen (secondary N) is 1. The summed E-state index contributed by atoms with van der Waals surface area (Å²) in [6, 6.07) is 8.48. The number of halogens is 1. The molecule has 1 aromatic heterocycles. The molecule has 0 saturated carbocycles. The first-order valence-electron chi connectivity index (χ1n) is 5.83. The maximum absolute atomic E-state index is 3.56. The largest absolute Gasteiger partial charge is 0.380 e. The third kappa shape index (κ3) is 3.13. The Bertz CT molecular complexity index is 503. The van der Waals surface area contributed by atoms with Crippen molar-refractivity contribution < 1.29 is 0 Å². The second-order valence-electron chi connectivity index (χ2n) is 4.19. The smallest absolute Gasteiger partial charge is 0.0489 e. The Labute approximate surface area is 111 Å². The van der Waals surface area contributed by atoms with Crippen molar-refractivity contribution in [1.29, 1.82) is 0 Å². The van der Waals surface area contributed by atoms with E-state index in [9.17, 15) is 0 Å². The van der Waals surface area contributed by atoms with E-state index in [1.165, 1.54) is 11.1 Å². The lowest BCUT2D eigenvalue weighted by atomic mass is 10.2. The van der Waals surface area contributed by atoms with Crippen LogP contribution in [0.2, 0.25) is 0 Å². The summed E-state index contributed by atoms with van der Waals surface area (Å²) in [4.78, 5) is 0. The minimum absolute atomic E-state index is 0.856. The Morgan fingerprint density at radius 1 is 1.29 bits per heavy atom. The van der Waals surface area contributed by atoms with Crippen LogP contribution in [0.4, 0.5) is 5.69 Å². The van der Waals surface area contributed by atoms with Crippen molar-refractivity contribution in [2.24, 2.45) is 0 Å². The third-order valence-corrected chi connectivity index (χ3v) is 3.47. The molecular formula is C14H17BrN2. The number of anilines is 1. The average Bonchev–Trinajstić information content (AvgIpc) is 2.78. The van der Waals surface area contributed by atoms with Crippen LogP contribution in [-0.4, -0.2) is 4.57 Å². The van der Waals surface area contributed by atoms with E-state index >= 15 is 0 Å². The molecule has 90 valence electrons. The molecule has 2 nitrogen and oxygen atoms in total. The van der Waals surface area contributed by atoms with Crippen molar-refractivity contribution in [2.45, 2.75) is 26.9 Å². The van der Waals surface area contributed by atoms with E-state index in [4.69, 9.17) is 0 Å². The van der Waals surface area contributed by atoms with E-state index in [1.54, 1.807) is 0 Å². The van der Waals surface area contributed by atoms with Crippen LogP contribution in [0.25, 0.3) is 0 Å². The number of hydrogen-bond donors (Lipinski definition) is 1. The minimum Gasteiger partial charge on any atom is -0.380 e. The maximum atomic E-state index is 3.56. The van der Waals surface area contributed by atoms with E-state index in [1.807, 2.05) is 0 Å². The van der Waals surface area contributed by atoms with Gasteiger partial charge in [-0.15, -0.1) is 0 Å². The summed E-state index contributed by atoms with van der Waals surface area (Å²) in [5.74, 6) is 0. The molecule has 3 heteroatoms. The SMILES string of the molecule is CCn1ccc(CNc2cc(C)ccc2Br)c1. The summed E-state index contributed by atoms with van der Waals surface area (Å²) in [6.07, 6.45) is 4.29. The van der Waals surface area contributed by atoms with Gasteiger partial charge < -0.3 is 9.88 Å². The molecule has 2 aromatic rings. The molecule has 0 aliphatic carbocycles. The highest BCUT2D eigenvalue weighted by Gasteiger charge is 2.00. The first-order chi connectivity index (χ1) is 8.19. The van der Waals surface area contributed by atoms with Gasteiger partial charge in [-0.25, -0.2) is 0 Å². The zero-order valence-electron chi connectivity index (χ0n) is 10.2. The topological polar surface area (TPSA) is 17.0 Å². The summed E-state index contributed by atoms with van der Waals surface area (Å²) < 4.78 is 3.29. The molecule has 0 bridgehead atoms. The molecule has 1 N–H and O–H groups in total. The monoisotopic (exact) mass is 292 g/mol. The van der Waals surface area contributed by atoms with Gasteiger partial charge in [-0.3, -0.25) is 0 Å².